The number of thiophene rings is 1. The Morgan fingerprint density at radius 1 is 1.44 bits per heavy atom. The molecule has 2 nitrogen and oxygen atoms in total. The molecule has 2 aromatic rings. The maximum Gasteiger partial charge on any atom is 0.124 e. The van der Waals surface area contributed by atoms with Gasteiger partial charge in [-0.25, -0.2) is 4.39 Å². The van der Waals surface area contributed by atoms with Gasteiger partial charge in [-0.2, -0.15) is 0 Å². The van der Waals surface area contributed by atoms with Gasteiger partial charge in [0.1, 0.15) is 5.82 Å². The Morgan fingerprint density at radius 3 is 2.89 bits per heavy atom. The highest BCUT2D eigenvalue weighted by Gasteiger charge is 2.15. The molecule has 1 atom stereocenters. The van der Waals surface area contributed by atoms with E-state index in [0.717, 1.165) is 9.77 Å². The molecule has 1 aromatic heterocycles. The Bertz CT molecular complexity index is 518. The van der Waals surface area contributed by atoms with E-state index >= 15 is 0 Å². The quantitative estimate of drug-likeness (QED) is 0.501. The zero-order valence-electron chi connectivity index (χ0n) is 9.40. The Hall–Kier alpha value is -0.590. The van der Waals surface area contributed by atoms with Gasteiger partial charge in [-0.15, -0.1) is 23.1 Å². The second kappa shape index (κ2) is 6.54. The maximum atomic E-state index is 13.0. The van der Waals surface area contributed by atoms with Gasteiger partial charge in [0.25, 0.3) is 0 Å². The van der Waals surface area contributed by atoms with Crippen molar-refractivity contribution in [2.24, 2.45) is 5.84 Å². The molecule has 18 heavy (non-hydrogen) atoms. The van der Waals surface area contributed by atoms with E-state index in [-0.39, 0.29) is 11.9 Å². The van der Waals surface area contributed by atoms with Crippen LogP contribution in [0.3, 0.4) is 0 Å². The molecule has 0 aliphatic rings. The summed E-state index contributed by atoms with van der Waals surface area (Å²) in [6.45, 7) is 0. The molecule has 0 aliphatic heterocycles. The maximum absolute atomic E-state index is 13.0. The Balaban J connectivity index is 2.02. The lowest BCUT2D eigenvalue weighted by molar-refractivity contribution is 0.618. The SMILES string of the molecule is NNC(CSc1cccc(F)c1)c1sccc1Cl. The van der Waals surface area contributed by atoms with Crippen LogP contribution >= 0.6 is 34.7 Å². The molecule has 0 aliphatic carbocycles. The standard InChI is InChI=1S/C12H12ClFN2S2/c13-10-4-5-17-12(10)11(16-15)7-18-9-3-1-2-8(14)6-9/h1-6,11,16H,7,15H2. The average molecular weight is 303 g/mol. The van der Waals surface area contributed by atoms with E-state index in [9.17, 15) is 4.39 Å². The molecular weight excluding hydrogens is 291 g/mol. The molecule has 1 unspecified atom stereocenters. The van der Waals surface area contributed by atoms with Gasteiger partial charge < -0.3 is 0 Å². The summed E-state index contributed by atoms with van der Waals surface area (Å²) in [6, 6.07) is 8.31. The molecule has 1 heterocycles. The highest BCUT2D eigenvalue weighted by molar-refractivity contribution is 7.99. The molecule has 0 radical (unpaired) electrons. The number of hydrazine groups is 1. The summed E-state index contributed by atoms with van der Waals surface area (Å²) in [5.74, 6) is 6.00. The zero-order chi connectivity index (χ0) is 13.0. The molecule has 0 fully saturated rings. The van der Waals surface area contributed by atoms with Gasteiger partial charge in [0.2, 0.25) is 0 Å². The minimum absolute atomic E-state index is 0.0363. The molecule has 0 saturated carbocycles. The number of thioether (sulfide) groups is 1. The van der Waals surface area contributed by atoms with Gasteiger partial charge in [-0.1, -0.05) is 17.7 Å². The Labute approximate surface area is 118 Å². The molecule has 0 spiro atoms. The Morgan fingerprint density at radius 2 is 2.28 bits per heavy atom. The van der Waals surface area contributed by atoms with Crippen molar-refractivity contribution in [2.75, 3.05) is 5.75 Å². The molecule has 0 bridgehead atoms. The number of halogens is 2. The van der Waals surface area contributed by atoms with Gasteiger partial charge in [0.05, 0.1) is 11.1 Å². The summed E-state index contributed by atoms with van der Waals surface area (Å²) >= 11 is 9.16. The second-order valence-electron chi connectivity index (χ2n) is 3.62. The van der Waals surface area contributed by atoms with Crippen LogP contribution in [-0.4, -0.2) is 5.75 Å². The predicted molar refractivity (Wildman–Crippen MR) is 76.5 cm³/mol. The fraction of sp³-hybridized carbons (Fsp3) is 0.167. The molecule has 3 N–H and O–H groups in total. The summed E-state index contributed by atoms with van der Waals surface area (Å²) in [5.41, 5.74) is 2.74. The smallest absolute Gasteiger partial charge is 0.124 e. The molecule has 1 aromatic carbocycles. The highest BCUT2D eigenvalue weighted by atomic mass is 35.5. The van der Waals surface area contributed by atoms with Crippen molar-refractivity contribution in [1.29, 1.82) is 0 Å². The van der Waals surface area contributed by atoms with Crippen molar-refractivity contribution in [3.8, 4) is 0 Å². The normalized spacial score (nSPS) is 12.6. The molecule has 0 saturated heterocycles. The first-order valence-corrected chi connectivity index (χ1v) is 7.52. The van der Waals surface area contributed by atoms with Crippen LogP contribution in [0.15, 0.2) is 40.6 Å². The lowest BCUT2D eigenvalue weighted by Gasteiger charge is -2.14. The van der Waals surface area contributed by atoms with Gasteiger partial charge in [-0.05, 0) is 29.6 Å². The van der Waals surface area contributed by atoms with Gasteiger partial charge in [0, 0.05) is 15.5 Å². The van der Waals surface area contributed by atoms with E-state index in [4.69, 9.17) is 17.4 Å². The fourth-order valence-corrected chi connectivity index (χ4v) is 3.84. The van der Waals surface area contributed by atoms with E-state index in [0.29, 0.717) is 10.8 Å². The fourth-order valence-electron chi connectivity index (χ4n) is 1.49. The molecule has 96 valence electrons. The third kappa shape index (κ3) is 3.46. The molecule has 0 amide bonds. The second-order valence-corrected chi connectivity index (χ2v) is 6.07. The third-order valence-corrected chi connectivity index (χ3v) is 4.93. The van der Waals surface area contributed by atoms with E-state index < -0.39 is 0 Å². The summed E-state index contributed by atoms with van der Waals surface area (Å²) in [5, 5.41) is 2.64. The summed E-state index contributed by atoms with van der Waals surface area (Å²) in [4.78, 5) is 1.88. The van der Waals surface area contributed by atoms with Crippen molar-refractivity contribution in [3.05, 3.63) is 51.4 Å². The van der Waals surface area contributed by atoms with Gasteiger partial charge >= 0.3 is 0 Å². The van der Waals surface area contributed by atoms with Crippen LogP contribution in [0.2, 0.25) is 5.02 Å². The van der Waals surface area contributed by atoms with Crippen molar-refractivity contribution < 1.29 is 4.39 Å². The number of nitrogens with one attached hydrogen (secondary N) is 1. The van der Waals surface area contributed by atoms with Crippen LogP contribution in [0.25, 0.3) is 0 Å². The lowest BCUT2D eigenvalue weighted by atomic mass is 10.3. The van der Waals surface area contributed by atoms with Crippen LogP contribution in [0.1, 0.15) is 10.9 Å². The van der Waals surface area contributed by atoms with Crippen molar-refractivity contribution in [3.63, 3.8) is 0 Å². The van der Waals surface area contributed by atoms with Crippen LogP contribution in [0.4, 0.5) is 4.39 Å². The van der Waals surface area contributed by atoms with Crippen molar-refractivity contribution in [2.45, 2.75) is 10.9 Å². The Kier molecular flexibility index (Phi) is 5.03. The number of rotatable bonds is 5. The van der Waals surface area contributed by atoms with E-state index in [1.54, 1.807) is 17.4 Å². The first kappa shape index (κ1) is 13.8. The molecular formula is C12H12ClFN2S2. The topological polar surface area (TPSA) is 38.0 Å². The van der Waals surface area contributed by atoms with Crippen LogP contribution in [0, 0.1) is 5.82 Å². The third-order valence-electron chi connectivity index (χ3n) is 2.38. The van der Waals surface area contributed by atoms with Crippen molar-refractivity contribution in [1.82, 2.24) is 5.43 Å². The van der Waals surface area contributed by atoms with Gasteiger partial charge in [-0.3, -0.25) is 11.3 Å². The first-order chi connectivity index (χ1) is 8.70. The monoisotopic (exact) mass is 302 g/mol. The number of nitrogens with two attached hydrogens (primary N) is 1. The molecule has 6 heteroatoms. The number of benzene rings is 1. The van der Waals surface area contributed by atoms with Crippen molar-refractivity contribution >= 4 is 34.7 Å². The van der Waals surface area contributed by atoms with Crippen LogP contribution in [0.5, 0.6) is 0 Å². The van der Waals surface area contributed by atoms with E-state index in [1.807, 2.05) is 17.5 Å². The predicted octanol–water partition coefficient (Wildman–Crippen LogP) is 3.84. The van der Waals surface area contributed by atoms with E-state index in [2.05, 4.69) is 5.43 Å². The summed E-state index contributed by atoms with van der Waals surface area (Å²) < 4.78 is 13.0. The van der Waals surface area contributed by atoms with Gasteiger partial charge in [0.15, 0.2) is 0 Å². The average Bonchev–Trinajstić information content (AvgIpc) is 2.77. The van der Waals surface area contributed by atoms with Crippen LogP contribution in [-0.2, 0) is 0 Å². The first-order valence-electron chi connectivity index (χ1n) is 5.28. The minimum atomic E-state index is -0.230. The zero-order valence-corrected chi connectivity index (χ0v) is 11.8. The van der Waals surface area contributed by atoms with E-state index in [1.165, 1.54) is 23.9 Å². The number of hydrogen-bond acceptors (Lipinski definition) is 4. The molecule has 2 rings (SSSR count). The highest BCUT2D eigenvalue weighted by Crippen LogP contribution is 2.32. The number of hydrogen-bond donors (Lipinski definition) is 2. The summed E-state index contributed by atoms with van der Waals surface area (Å²) in [7, 11) is 0. The largest absolute Gasteiger partial charge is 0.271 e. The minimum Gasteiger partial charge on any atom is -0.271 e. The van der Waals surface area contributed by atoms with Crippen LogP contribution < -0.4 is 11.3 Å². The lowest BCUT2D eigenvalue weighted by Crippen LogP contribution is -2.29. The summed E-state index contributed by atoms with van der Waals surface area (Å²) in [6.07, 6.45) is 0.